The Balaban J connectivity index is 1.79. The molecule has 2 atom stereocenters. The molecule has 0 aromatic rings. The van der Waals surface area contributed by atoms with Crippen molar-refractivity contribution in [1.82, 2.24) is 0 Å². The third-order valence-electron chi connectivity index (χ3n) is 3.98. The molecule has 2 aliphatic carbocycles. The molecule has 0 radical (unpaired) electrons. The fourth-order valence-corrected chi connectivity index (χ4v) is 2.82. The highest BCUT2D eigenvalue weighted by atomic mass is 14.4. The lowest BCUT2D eigenvalue weighted by Gasteiger charge is -2.31. The first-order valence-corrected chi connectivity index (χ1v) is 5.40. The van der Waals surface area contributed by atoms with E-state index in [1.165, 1.54) is 19.3 Å². The van der Waals surface area contributed by atoms with Crippen molar-refractivity contribution in [1.29, 1.82) is 0 Å². The monoisotopic (exact) mass is 152 g/mol. The van der Waals surface area contributed by atoms with E-state index in [1.807, 2.05) is 0 Å². The second kappa shape index (κ2) is 3.16. The lowest BCUT2D eigenvalue weighted by molar-refractivity contribution is 0.204. The fraction of sp³-hybridized carbons (Fsp3) is 1.00. The van der Waals surface area contributed by atoms with E-state index in [4.69, 9.17) is 0 Å². The van der Waals surface area contributed by atoms with Gasteiger partial charge in [0.05, 0.1) is 0 Å². The summed E-state index contributed by atoms with van der Waals surface area (Å²) >= 11 is 0. The summed E-state index contributed by atoms with van der Waals surface area (Å²) in [5, 5.41) is 0. The van der Waals surface area contributed by atoms with Crippen molar-refractivity contribution < 1.29 is 0 Å². The third kappa shape index (κ3) is 1.45. The Morgan fingerprint density at radius 1 is 1.00 bits per heavy atom. The fourth-order valence-electron chi connectivity index (χ4n) is 2.82. The van der Waals surface area contributed by atoms with E-state index in [-0.39, 0.29) is 0 Å². The molecule has 0 heterocycles. The van der Waals surface area contributed by atoms with Crippen LogP contribution in [0.3, 0.4) is 0 Å². The van der Waals surface area contributed by atoms with Crippen molar-refractivity contribution in [2.75, 3.05) is 0 Å². The molecule has 0 saturated heterocycles. The van der Waals surface area contributed by atoms with Crippen LogP contribution in [0.1, 0.15) is 51.9 Å². The predicted octanol–water partition coefficient (Wildman–Crippen LogP) is 3.61. The van der Waals surface area contributed by atoms with Gasteiger partial charge in [0.2, 0.25) is 0 Å². The Hall–Kier alpha value is 0. The molecule has 0 bridgehead atoms. The average molecular weight is 152 g/mol. The van der Waals surface area contributed by atoms with Gasteiger partial charge in [-0.15, -0.1) is 0 Å². The van der Waals surface area contributed by atoms with Crippen LogP contribution in [0.5, 0.6) is 0 Å². The van der Waals surface area contributed by atoms with Crippen molar-refractivity contribution in [2.45, 2.75) is 51.9 Å². The van der Waals surface area contributed by atoms with Gasteiger partial charge in [-0.3, -0.25) is 0 Å². The van der Waals surface area contributed by atoms with Crippen LogP contribution in [0.15, 0.2) is 0 Å². The second-order valence-corrected chi connectivity index (χ2v) is 4.54. The minimum atomic E-state index is 1.10. The Labute approximate surface area is 70.4 Å². The molecule has 0 N–H and O–H groups in total. The highest BCUT2D eigenvalue weighted by molar-refractivity contribution is 4.84. The molecule has 0 aromatic heterocycles. The quantitative estimate of drug-likeness (QED) is 0.567. The Morgan fingerprint density at radius 3 is 2.27 bits per heavy atom. The Morgan fingerprint density at radius 2 is 1.82 bits per heavy atom. The molecule has 0 amide bonds. The summed E-state index contributed by atoms with van der Waals surface area (Å²) < 4.78 is 0. The van der Waals surface area contributed by atoms with Gasteiger partial charge in [0.1, 0.15) is 0 Å². The molecule has 2 rings (SSSR count). The standard InChI is InChI=1S/C11H20/c1-2-9-6-7-11(8-9)10-4-3-5-10/h9-11H,2-8H2,1H3. The van der Waals surface area contributed by atoms with E-state index in [0.29, 0.717) is 0 Å². The molecule has 0 aliphatic heterocycles. The van der Waals surface area contributed by atoms with Gasteiger partial charge in [0.15, 0.2) is 0 Å². The van der Waals surface area contributed by atoms with Gasteiger partial charge in [0, 0.05) is 0 Å². The molecule has 2 unspecified atom stereocenters. The Bertz CT molecular complexity index is 124. The number of hydrogen-bond donors (Lipinski definition) is 0. The maximum atomic E-state index is 2.35. The number of hydrogen-bond acceptors (Lipinski definition) is 0. The molecule has 0 aromatic carbocycles. The molecular formula is C11H20. The zero-order chi connectivity index (χ0) is 7.68. The summed E-state index contributed by atoms with van der Waals surface area (Å²) in [6.07, 6.45) is 10.7. The molecule has 11 heavy (non-hydrogen) atoms. The molecule has 2 saturated carbocycles. The smallest absolute Gasteiger partial charge is 0.0383 e. The summed E-state index contributed by atoms with van der Waals surface area (Å²) in [6, 6.07) is 0. The van der Waals surface area contributed by atoms with E-state index in [9.17, 15) is 0 Å². The lowest BCUT2D eigenvalue weighted by Crippen LogP contribution is -2.19. The van der Waals surface area contributed by atoms with Gasteiger partial charge in [-0.25, -0.2) is 0 Å². The van der Waals surface area contributed by atoms with Gasteiger partial charge in [-0.1, -0.05) is 39.0 Å². The summed E-state index contributed by atoms with van der Waals surface area (Å²) in [6.45, 7) is 2.35. The normalized spacial score (nSPS) is 39.0. The highest BCUT2D eigenvalue weighted by Gasteiger charge is 2.32. The van der Waals surface area contributed by atoms with Crippen LogP contribution in [-0.2, 0) is 0 Å². The van der Waals surface area contributed by atoms with Crippen LogP contribution in [0.25, 0.3) is 0 Å². The zero-order valence-corrected chi connectivity index (χ0v) is 7.68. The van der Waals surface area contributed by atoms with E-state index in [2.05, 4.69) is 6.92 Å². The van der Waals surface area contributed by atoms with Gasteiger partial charge in [-0.2, -0.15) is 0 Å². The lowest BCUT2D eigenvalue weighted by atomic mass is 9.75. The summed E-state index contributed by atoms with van der Waals surface area (Å²) in [5.41, 5.74) is 0. The predicted molar refractivity (Wildman–Crippen MR) is 48.5 cm³/mol. The SMILES string of the molecule is CCC1CCC(C2CCC2)C1. The first kappa shape index (κ1) is 7.64. The van der Waals surface area contributed by atoms with Crippen LogP contribution in [0.2, 0.25) is 0 Å². The molecular weight excluding hydrogens is 132 g/mol. The zero-order valence-electron chi connectivity index (χ0n) is 7.68. The molecule has 2 aliphatic rings. The van der Waals surface area contributed by atoms with E-state index < -0.39 is 0 Å². The maximum absolute atomic E-state index is 2.35. The maximum Gasteiger partial charge on any atom is -0.0383 e. The third-order valence-corrected chi connectivity index (χ3v) is 3.98. The summed E-state index contributed by atoms with van der Waals surface area (Å²) in [4.78, 5) is 0. The van der Waals surface area contributed by atoms with Crippen molar-refractivity contribution in [3.05, 3.63) is 0 Å². The van der Waals surface area contributed by atoms with E-state index in [1.54, 1.807) is 25.7 Å². The first-order valence-electron chi connectivity index (χ1n) is 5.40. The first-order chi connectivity index (χ1) is 5.40. The second-order valence-electron chi connectivity index (χ2n) is 4.54. The van der Waals surface area contributed by atoms with Gasteiger partial charge >= 0.3 is 0 Å². The average Bonchev–Trinajstić information content (AvgIpc) is 2.32. The topological polar surface area (TPSA) is 0 Å². The summed E-state index contributed by atoms with van der Waals surface area (Å²) in [5.74, 6) is 3.40. The van der Waals surface area contributed by atoms with Crippen molar-refractivity contribution >= 4 is 0 Å². The van der Waals surface area contributed by atoms with E-state index >= 15 is 0 Å². The van der Waals surface area contributed by atoms with Crippen LogP contribution in [0.4, 0.5) is 0 Å². The van der Waals surface area contributed by atoms with E-state index in [0.717, 1.165) is 17.8 Å². The van der Waals surface area contributed by atoms with Crippen molar-refractivity contribution in [3.8, 4) is 0 Å². The van der Waals surface area contributed by atoms with Gasteiger partial charge in [-0.05, 0) is 30.6 Å². The van der Waals surface area contributed by atoms with Gasteiger partial charge < -0.3 is 0 Å². The summed E-state index contributed by atoms with van der Waals surface area (Å²) in [7, 11) is 0. The van der Waals surface area contributed by atoms with Crippen LogP contribution in [0, 0.1) is 17.8 Å². The minimum Gasteiger partial charge on any atom is -0.0651 e. The van der Waals surface area contributed by atoms with Crippen LogP contribution < -0.4 is 0 Å². The molecule has 0 spiro atoms. The largest absolute Gasteiger partial charge is 0.0651 e. The molecule has 0 nitrogen and oxygen atoms in total. The Kier molecular flexibility index (Phi) is 2.20. The molecule has 64 valence electrons. The van der Waals surface area contributed by atoms with Crippen LogP contribution in [-0.4, -0.2) is 0 Å². The van der Waals surface area contributed by atoms with Gasteiger partial charge in [0.25, 0.3) is 0 Å². The van der Waals surface area contributed by atoms with Crippen molar-refractivity contribution in [3.63, 3.8) is 0 Å². The molecule has 2 fully saturated rings. The van der Waals surface area contributed by atoms with Crippen molar-refractivity contribution in [2.24, 2.45) is 17.8 Å². The number of rotatable bonds is 2. The highest BCUT2D eigenvalue weighted by Crippen LogP contribution is 2.44. The van der Waals surface area contributed by atoms with Crippen LogP contribution >= 0.6 is 0 Å². The molecule has 0 heteroatoms. The minimum absolute atomic E-state index is 1.10.